The van der Waals surface area contributed by atoms with Crippen LogP contribution in [0.2, 0.25) is 0 Å². The van der Waals surface area contributed by atoms with Gasteiger partial charge in [0.15, 0.2) is 0 Å². The largest absolute Gasteiger partial charge is 0.359 e. The van der Waals surface area contributed by atoms with Crippen molar-refractivity contribution >= 4 is 20.9 Å². The molecular formula is C15H22N2O2S. The van der Waals surface area contributed by atoms with Gasteiger partial charge in [0, 0.05) is 17.8 Å². The fourth-order valence-corrected chi connectivity index (χ4v) is 3.47. The zero-order valence-corrected chi connectivity index (χ0v) is 12.9. The molecule has 110 valence electrons. The second-order valence-electron chi connectivity index (χ2n) is 5.19. The molecule has 1 aromatic heterocycles. The zero-order chi connectivity index (χ0) is 14.6. The van der Waals surface area contributed by atoms with E-state index in [0.717, 1.165) is 23.2 Å². The van der Waals surface area contributed by atoms with Crippen LogP contribution < -0.4 is 4.72 Å². The highest BCUT2D eigenvalue weighted by molar-refractivity contribution is 7.89. The number of aryl methyl sites for hydroxylation is 1. The fourth-order valence-electron chi connectivity index (χ4n) is 2.24. The number of sulfonamides is 1. The fraction of sp³-hybridized carbons (Fsp3) is 0.467. The maximum Gasteiger partial charge on any atom is 0.211 e. The van der Waals surface area contributed by atoms with Gasteiger partial charge in [0.1, 0.15) is 0 Å². The highest BCUT2D eigenvalue weighted by Gasteiger charge is 2.08. The Morgan fingerprint density at radius 3 is 2.80 bits per heavy atom. The van der Waals surface area contributed by atoms with E-state index in [9.17, 15) is 8.42 Å². The molecule has 1 heterocycles. The van der Waals surface area contributed by atoms with Gasteiger partial charge in [-0.15, -0.1) is 0 Å². The van der Waals surface area contributed by atoms with E-state index < -0.39 is 10.0 Å². The van der Waals surface area contributed by atoms with Crippen LogP contribution in [0.3, 0.4) is 0 Å². The van der Waals surface area contributed by atoms with Crippen molar-refractivity contribution in [3.05, 3.63) is 35.5 Å². The number of nitrogens with one attached hydrogen (secondary N) is 2. The maximum atomic E-state index is 11.7. The second-order valence-corrected chi connectivity index (χ2v) is 7.12. The van der Waals surface area contributed by atoms with Crippen molar-refractivity contribution < 1.29 is 8.42 Å². The summed E-state index contributed by atoms with van der Waals surface area (Å²) in [5.74, 6) is 0.222. The van der Waals surface area contributed by atoms with Crippen molar-refractivity contribution in [2.24, 2.45) is 0 Å². The Bertz CT molecular complexity index is 674. The van der Waals surface area contributed by atoms with Crippen molar-refractivity contribution in [2.45, 2.75) is 33.1 Å². The van der Waals surface area contributed by atoms with Crippen LogP contribution in [0.4, 0.5) is 0 Å². The SMILES string of the molecule is CCCCS(=O)(=O)NCCc1ccc2[nH]c(C)cc2c1. The minimum atomic E-state index is -3.11. The van der Waals surface area contributed by atoms with Gasteiger partial charge in [-0.2, -0.15) is 0 Å². The van der Waals surface area contributed by atoms with Crippen LogP contribution in [0.1, 0.15) is 31.0 Å². The standard InChI is InChI=1S/C15H22N2O2S/c1-3-4-9-20(18,19)16-8-7-13-5-6-15-14(11-13)10-12(2)17-15/h5-6,10-11,16-17H,3-4,7-9H2,1-2H3. The molecule has 1 aromatic carbocycles. The summed E-state index contributed by atoms with van der Waals surface area (Å²) in [6.45, 7) is 4.48. The summed E-state index contributed by atoms with van der Waals surface area (Å²) in [7, 11) is -3.11. The zero-order valence-electron chi connectivity index (χ0n) is 12.1. The number of benzene rings is 1. The molecule has 0 aliphatic carbocycles. The van der Waals surface area contributed by atoms with Crippen LogP contribution >= 0.6 is 0 Å². The minimum absolute atomic E-state index is 0.222. The molecule has 0 saturated heterocycles. The van der Waals surface area contributed by atoms with Crippen LogP contribution in [-0.2, 0) is 16.4 Å². The first-order valence-corrected chi connectivity index (χ1v) is 8.71. The first-order chi connectivity index (χ1) is 9.50. The molecule has 0 aliphatic rings. The van der Waals surface area contributed by atoms with E-state index in [-0.39, 0.29) is 5.75 Å². The van der Waals surface area contributed by atoms with Gasteiger partial charge in [0.25, 0.3) is 0 Å². The summed E-state index contributed by atoms with van der Waals surface area (Å²) in [6, 6.07) is 8.30. The van der Waals surface area contributed by atoms with Crippen molar-refractivity contribution in [1.82, 2.24) is 9.71 Å². The molecule has 4 nitrogen and oxygen atoms in total. The summed E-state index contributed by atoms with van der Waals surface area (Å²) < 4.78 is 26.0. The lowest BCUT2D eigenvalue weighted by Gasteiger charge is -2.06. The molecule has 0 spiro atoms. The molecule has 0 unspecified atom stereocenters. The van der Waals surface area contributed by atoms with Gasteiger partial charge < -0.3 is 4.98 Å². The predicted molar refractivity (Wildman–Crippen MR) is 83.4 cm³/mol. The molecule has 0 bridgehead atoms. The Morgan fingerprint density at radius 2 is 2.05 bits per heavy atom. The first kappa shape index (κ1) is 15.1. The number of rotatable bonds is 7. The Kier molecular flexibility index (Phi) is 4.83. The van der Waals surface area contributed by atoms with Crippen molar-refractivity contribution in [1.29, 1.82) is 0 Å². The monoisotopic (exact) mass is 294 g/mol. The van der Waals surface area contributed by atoms with E-state index in [1.54, 1.807) is 0 Å². The normalized spacial score (nSPS) is 12.1. The number of hydrogen-bond donors (Lipinski definition) is 2. The molecular weight excluding hydrogens is 272 g/mol. The molecule has 2 N–H and O–H groups in total. The van der Waals surface area contributed by atoms with E-state index >= 15 is 0 Å². The highest BCUT2D eigenvalue weighted by atomic mass is 32.2. The molecule has 0 saturated carbocycles. The number of hydrogen-bond acceptors (Lipinski definition) is 2. The lowest BCUT2D eigenvalue weighted by molar-refractivity contribution is 0.578. The molecule has 0 atom stereocenters. The summed E-state index contributed by atoms with van der Waals surface area (Å²) >= 11 is 0. The average Bonchev–Trinajstić information content (AvgIpc) is 2.75. The number of H-pyrrole nitrogens is 1. The molecule has 5 heteroatoms. The third kappa shape index (κ3) is 4.08. The topological polar surface area (TPSA) is 62.0 Å². The Morgan fingerprint density at radius 1 is 1.25 bits per heavy atom. The molecule has 0 radical (unpaired) electrons. The number of aromatic amines is 1. The summed E-state index contributed by atoms with van der Waals surface area (Å²) in [5.41, 5.74) is 3.40. The summed E-state index contributed by atoms with van der Waals surface area (Å²) in [6.07, 6.45) is 2.32. The molecule has 20 heavy (non-hydrogen) atoms. The van der Waals surface area contributed by atoms with E-state index in [4.69, 9.17) is 0 Å². The highest BCUT2D eigenvalue weighted by Crippen LogP contribution is 2.17. The van der Waals surface area contributed by atoms with Crippen molar-refractivity contribution in [3.8, 4) is 0 Å². The molecule has 0 fully saturated rings. The summed E-state index contributed by atoms with van der Waals surface area (Å²) in [5, 5.41) is 1.17. The van der Waals surface area contributed by atoms with Crippen molar-refractivity contribution in [3.63, 3.8) is 0 Å². The predicted octanol–water partition coefficient (Wildman–Crippen LogP) is 2.74. The lowest BCUT2D eigenvalue weighted by atomic mass is 10.1. The second kappa shape index (κ2) is 6.41. The summed E-state index contributed by atoms with van der Waals surface area (Å²) in [4.78, 5) is 3.28. The average molecular weight is 294 g/mol. The van der Waals surface area contributed by atoms with Gasteiger partial charge in [-0.05, 0) is 48.9 Å². The molecule has 2 aromatic rings. The van der Waals surface area contributed by atoms with E-state index in [1.807, 2.05) is 26.0 Å². The van der Waals surface area contributed by atoms with Gasteiger partial charge in [0.05, 0.1) is 5.75 Å². The van der Waals surface area contributed by atoms with Gasteiger partial charge in [-0.25, -0.2) is 13.1 Å². The maximum absolute atomic E-state index is 11.7. The van der Waals surface area contributed by atoms with Gasteiger partial charge in [-0.1, -0.05) is 19.4 Å². The van der Waals surface area contributed by atoms with E-state index in [2.05, 4.69) is 21.8 Å². The van der Waals surface area contributed by atoms with E-state index in [0.29, 0.717) is 19.4 Å². The van der Waals surface area contributed by atoms with Crippen LogP contribution in [0.25, 0.3) is 10.9 Å². The number of aromatic nitrogens is 1. The Hall–Kier alpha value is -1.33. The molecule has 0 amide bonds. The van der Waals surface area contributed by atoms with Crippen LogP contribution in [0, 0.1) is 6.92 Å². The first-order valence-electron chi connectivity index (χ1n) is 7.06. The van der Waals surface area contributed by atoms with Crippen LogP contribution in [0.5, 0.6) is 0 Å². The van der Waals surface area contributed by atoms with Gasteiger partial charge in [0.2, 0.25) is 10.0 Å². The van der Waals surface area contributed by atoms with E-state index in [1.165, 1.54) is 5.39 Å². The molecule has 0 aliphatic heterocycles. The van der Waals surface area contributed by atoms with Crippen molar-refractivity contribution in [2.75, 3.05) is 12.3 Å². The minimum Gasteiger partial charge on any atom is -0.359 e. The third-order valence-electron chi connectivity index (χ3n) is 3.32. The van der Waals surface area contributed by atoms with Crippen LogP contribution in [-0.4, -0.2) is 25.7 Å². The number of fused-ring (bicyclic) bond motifs is 1. The van der Waals surface area contributed by atoms with Gasteiger partial charge in [-0.3, -0.25) is 0 Å². The third-order valence-corrected chi connectivity index (χ3v) is 4.79. The Balaban J connectivity index is 1.92. The molecule has 2 rings (SSSR count). The smallest absolute Gasteiger partial charge is 0.211 e. The Labute approximate surface area is 120 Å². The van der Waals surface area contributed by atoms with Crippen LogP contribution in [0.15, 0.2) is 24.3 Å². The quantitative estimate of drug-likeness (QED) is 0.825. The van der Waals surface area contributed by atoms with Gasteiger partial charge >= 0.3 is 0 Å². The number of unbranched alkanes of at least 4 members (excludes halogenated alkanes) is 1. The lowest BCUT2D eigenvalue weighted by Crippen LogP contribution is -2.28.